The van der Waals surface area contributed by atoms with Crippen molar-refractivity contribution in [1.29, 1.82) is 0 Å². The maximum Gasteiger partial charge on any atom is 0.280 e. The summed E-state index contributed by atoms with van der Waals surface area (Å²) in [4.78, 5) is 23.2. The fraction of sp³-hybridized carbons (Fsp3) is 0.643. The summed E-state index contributed by atoms with van der Waals surface area (Å²) in [6.45, 7) is 2.53. The largest absolute Gasteiger partial charge is 0.394 e. The van der Waals surface area contributed by atoms with E-state index in [0.717, 1.165) is 12.8 Å². The average Bonchev–Trinajstić information content (AvgIpc) is 3.11. The van der Waals surface area contributed by atoms with Crippen molar-refractivity contribution in [3.63, 3.8) is 0 Å². The molecule has 0 radical (unpaired) electrons. The number of imidazole rings is 1. The highest BCUT2D eigenvalue weighted by atomic mass is 16.5. The van der Waals surface area contributed by atoms with E-state index >= 15 is 0 Å². The van der Waals surface area contributed by atoms with Crippen LogP contribution in [0.2, 0.25) is 0 Å². The molecule has 0 saturated carbocycles. The molecule has 9 heteroatoms. The molecule has 3 atom stereocenters. The van der Waals surface area contributed by atoms with Crippen LogP contribution in [0.25, 0.3) is 11.2 Å². The van der Waals surface area contributed by atoms with Crippen molar-refractivity contribution in [3.8, 4) is 0 Å². The first-order chi connectivity index (χ1) is 11.1. The van der Waals surface area contributed by atoms with Crippen LogP contribution < -0.4 is 10.9 Å². The normalized spacial score (nSPS) is 24.4. The van der Waals surface area contributed by atoms with Crippen molar-refractivity contribution in [3.05, 3.63) is 16.7 Å². The Bertz CT molecular complexity index is 728. The Morgan fingerprint density at radius 2 is 2.39 bits per heavy atom. The van der Waals surface area contributed by atoms with Gasteiger partial charge in [-0.25, -0.2) is 4.98 Å². The molecule has 0 spiro atoms. The van der Waals surface area contributed by atoms with Gasteiger partial charge in [0.15, 0.2) is 11.2 Å². The molecule has 0 amide bonds. The molecule has 2 aromatic rings. The summed E-state index contributed by atoms with van der Waals surface area (Å²) < 4.78 is 7.22. The fourth-order valence-electron chi connectivity index (χ4n) is 2.65. The van der Waals surface area contributed by atoms with Crippen LogP contribution in [0, 0.1) is 0 Å². The van der Waals surface area contributed by atoms with E-state index in [1.54, 1.807) is 4.57 Å². The number of anilines is 1. The van der Waals surface area contributed by atoms with E-state index in [9.17, 15) is 15.0 Å². The summed E-state index contributed by atoms with van der Waals surface area (Å²) in [5, 5.41) is 22.1. The summed E-state index contributed by atoms with van der Waals surface area (Å²) in [7, 11) is 0. The van der Waals surface area contributed by atoms with Gasteiger partial charge in [0, 0.05) is 13.0 Å². The zero-order chi connectivity index (χ0) is 16.4. The van der Waals surface area contributed by atoms with E-state index in [4.69, 9.17) is 4.74 Å². The molecule has 0 aliphatic carbocycles. The lowest BCUT2D eigenvalue weighted by Crippen LogP contribution is -2.24. The fourth-order valence-corrected chi connectivity index (χ4v) is 2.65. The molecule has 23 heavy (non-hydrogen) atoms. The molecular formula is C14H21N5O4. The molecule has 0 aromatic carbocycles. The average molecular weight is 323 g/mol. The molecule has 126 valence electrons. The molecule has 1 unspecified atom stereocenters. The predicted octanol–water partition coefficient (Wildman–Crippen LogP) is -0.0277. The van der Waals surface area contributed by atoms with Crippen LogP contribution in [0.4, 0.5) is 5.95 Å². The third-order valence-corrected chi connectivity index (χ3v) is 3.95. The van der Waals surface area contributed by atoms with Crippen molar-refractivity contribution < 1.29 is 14.9 Å². The molecule has 1 fully saturated rings. The second-order valence-electron chi connectivity index (χ2n) is 5.63. The number of aromatic amines is 1. The topological polar surface area (TPSA) is 125 Å². The van der Waals surface area contributed by atoms with Crippen molar-refractivity contribution in [2.45, 2.75) is 44.6 Å². The smallest absolute Gasteiger partial charge is 0.280 e. The first kappa shape index (κ1) is 15.9. The molecule has 2 aromatic heterocycles. The highest BCUT2D eigenvalue weighted by molar-refractivity contribution is 5.70. The van der Waals surface area contributed by atoms with Crippen molar-refractivity contribution in [1.82, 2.24) is 19.5 Å². The van der Waals surface area contributed by atoms with Crippen LogP contribution in [0.5, 0.6) is 0 Å². The number of unbranched alkanes of at least 4 members (excludes halogenated alkanes) is 1. The minimum Gasteiger partial charge on any atom is -0.394 e. The Morgan fingerprint density at radius 3 is 3.09 bits per heavy atom. The van der Waals surface area contributed by atoms with Gasteiger partial charge in [0.25, 0.3) is 5.56 Å². The number of hydrogen-bond acceptors (Lipinski definition) is 7. The van der Waals surface area contributed by atoms with E-state index in [1.807, 2.05) is 0 Å². The van der Waals surface area contributed by atoms with Gasteiger partial charge in [-0.15, -0.1) is 0 Å². The van der Waals surface area contributed by atoms with E-state index in [-0.39, 0.29) is 17.7 Å². The Balaban J connectivity index is 1.91. The lowest BCUT2D eigenvalue weighted by molar-refractivity contribution is -0.0432. The van der Waals surface area contributed by atoms with E-state index in [2.05, 4.69) is 27.2 Å². The number of hydrogen-bond donors (Lipinski definition) is 4. The number of aliphatic hydroxyl groups is 2. The summed E-state index contributed by atoms with van der Waals surface area (Å²) in [6, 6.07) is 0. The van der Waals surface area contributed by atoms with Gasteiger partial charge in [-0.1, -0.05) is 13.3 Å². The quantitative estimate of drug-likeness (QED) is 0.550. The van der Waals surface area contributed by atoms with Gasteiger partial charge in [0.2, 0.25) is 5.95 Å². The SMILES string of the molecule is CCCCNc1nc2c(ncn2[C@H]2CC(O)[C@@H](CO)O2)c(=O)[nH]1. The van der Waals surface area contributed by atoms with Gasteiger partial charge < -0.3 is 20.3 Å². The first-order valence-corrected chi connectivity index (χ1v) is 7.79. The Kier molecular flexibility index (Phi) is 4.60. The highest BCUT2D eigenvalue weighted by Gasteiger charge is 2.35. The molecule has 9 nitrogen and oxygen atoms in total. The van der Waals surface area contributed by atoms with Crippen LogP contribution >= 0.6 is 0 Å². The molecule has 1 saturated heterocycles. The van der Waals surface area contributed by atoms with Gasteiger partial charge >= 0.3 is 0 Å². The minimum atomic E-state index is -0.758. The summed E-state index contributed by atoms with van der Waals surface area (Å²) in [6.07, 6.45) is 1.88. The Morgan fingerprint density at radius 1 is 1.57 bits per heavy atom. The monoisotopic (exact) mass is 323 g/mol. The molecule has 4 N–H and O–H groups in total. The maximum absolute atomic E-state index is 12.1. The summed E-state index contributed by atoms with van der Waals surface area (Å²) >= 11 is 0. The summed E-state index contributed by atoms with van der Waals surface area (Å²) in [5.74, 6) is 0.384. The van der Waals surface area contributed by atoms with Crippen LogP contribution in [-0.4, -0.2) is 55.1 Å². The first-order valence-electron chi connectivity index (χ1n) is 7.79. The molecular weight excluding hydrogens is 302 g/mol. The molecule has 1 aliphatic rings. The third-order valence-electron chi connectivity index (χ3n) is 3.95. The molecule has 3 heterocycles. The standard InChI is InChI=1S/C14H21N5O4/c1-2-3-4-15-14-17-12-11(13(22)18-14)16-7-19(12)10-5-8(21)9(6-20)23-10/h7-10,20-21H,2-6H2,1H3,(H2,15,17,18,22)/t8?,9-,10-/m1/s1. The van der Waals surface area contributed by atoms with Gasteiger partial charge in [0.05, 0.1) is 19.0 Å². The zero-order valence-corrected chi connectivity index (χ0v) is 12.9. The second kappa shape index (κ2) is 6.65. The third kappa shape index (κ3) is 3.07. The van der Waals surface area contributed by atoms with E-state index < -0.39 is 18.4 Å². The molecule has 1 aliphatic heterocycles. The lowest BCUT2D eigenvalue weighted by Gasteiger charge is -2.14. The number of nitrogens with one attached hydrogen (secondary N) is 2. The van der Waals surface area contributed by atoms with E-state index in [1.165, 1.54) is 6.33 Å². The summed E-state index contributed by atoms with van der Waals surface area (Å²) in [5.41, 5.74) is 0.283. The molecule has 3 rings (SSSR count). The number of rotatable bonds is 6. The Hall–Kier alpha value is -1.97. The van der Waals surface area contributed by atoms with Crippen molar-refractivity contribution in [2.75, 3.05) is 18.5 Å². The maximum atomic E-state index is 12.1. The number of H-pyrrole nitrogens is 1. The molecule has 0 bridgehead atoms. The van der Waals surface area contributed by atoms with Gasteiger partial charge in [-0.05, 0) is 6.42 Å². The van der Waals surface area contributed by atoms with Crippen molar-refractivity contribution in [2.24, 2.45) is 0 Å². The predicted molar refractivity (Wildman–Crippen MR) is 83.2 cm³/mol. The zero-order valence-electron chi connectivity index (χ0n) is 12.9. The van der Waals surface area contributed by atoms with Crippen molar-refractivity contribution >= 4 is 17.1 Å². The van der Waals surface area contributed by atoms with E-state index in [0.29, 0.717) is 24.6 Å². The number of fused-ring (bicyclic) bond motifs is 1. The highest BCUT2D eigenvalue weighted by Crippen LogP contribution is 2.30. The lowest BCUT2D eigenvalue weighted by atomic mass is 10.2. The van der Waals surface area contributed by atoms with Gasteiger partial charge in [0.1, 0.15) is 12.3 Å². The number of nitrogens with zero attached hydrogens (tertiary/aromatic N) is 3. The second-order valence-corrected chi connectivity index (χ2v) is 5.63. The van der Waals surface area contributed by atoms with Gasteiger partial charge in [-0.3, -0.25) is 14.3 Å². The van der Waals surface area contributed by atoms with Crippen LogP contribution in [-0.2, 0) is 4.74 Å². The van der Waals surface area contributed by atoms with Gasteiger partial charge in [-0.2, -0.15) is 4.98 Å². The van der Waals surface area contributed by atoms with Crippen LogP contribution in [0.3, 0.4) is 0 Å². The number of aliphatic hydroxyl groups excluding tert-OH is 2. The Labute approximate surface area is 132 Å². The minimum absolute atomic E-state index is 0.219. The number of aromatic nitrogens is 4. The van der Waals surface area contributed by atoms with Crippen LogP contribution in [0.1, 0.15) is 32.4 Å². The number of ether oxygens (including phenoxy) is 1. The van der Waals surface area contributed by atoms with Crippen LogP contribution in [0.15, 0.2) is 11.1 Å².